The number of hydrogen-bond acceptors (Lipinski definition) is 4. The van der Waals surface area contributed by atoms with Gasteiger partial charge in [-0.2, -0.15) is 5.26 Å². The highest BCUT2D eigenvalue weighted by Crippen LogP contribution is 2.22. The second-order valence-electron chi connectivity index (χ2n) is 6.00. The largest absolute Gasteiger partial charge is 0.452 e. The van der Waals surface area contributed by atoms with E-state index in [1.807, 2.05) is 38.1 Å². The van der Waals surface area contributed by atoms with Gasteiger partial charge >= 0.3 is 5.97 Å². The van der Waals surface area contributed by atoms with Gasteiger partial charge in [-0.15, -0.1) is 0 Å². The van der Waals surface area contributed by atoms with Crippen molar-refractivity contribution in [3.8, 4) is 6.07 Å². The molecule has 0 fully saturated rings. The van der Waals surface area contributed by atoms with Gasteiger partial charge in [0, 0.05) is 17.3 Å². The van der Waals surface area contributed by atoms with Gasteiger partial charge in [0.05, 0.1) is 23.1 Å². The molecule has 2 rings (SSSR count). The van der Waals surface area contributed by atoms with E-state index in [1.165, 1.54) is 17.0 Å². The number of amides is 1. The molecule has 0 aliphatic heterocycles. The van der Waals surface area contributed by atoms with Crippen molar-refractivity contribution in [2.45, 2.75) is 20.3 Å². The van der Waals surface area contributed by atoms with E-state index in [2.05, 4.69) is 0 Å². The third-order valence-corrected chi connectivity index (χ3v) is 4.31. The Labute approximate surface area is 168 Å². The van der Waals surface area contributed by atoms with Crippen LogP contribution in [0, 0.1) is 25.2 Å². The summed E-state index contributed by atoms with van der Waals surface area (Å²) in [6.45, 7) is 3.57. The molecule has 0 atom stereocenters. The maximum atomic E-state index is 12.6. The molecule has 2 aromatic carbocycles. The first-order valence-electron chi connectivity index (χ1n) is 8.19. The molecule has 0 aliphatic carbocycles. The van der Waals surface area contributed by atoms with Crippen molar-refractivity contribution in [3.63, 3.8) is 0 Å². The summed E-state index contributed by atoms with van der Waals surface area (Å²) in [5.41, 5.74) is 2.72. The molecule has 0 unspecified atom stereocenters. The van der Waals surface area contributed by atoms with Crippen molar-refractivity contribution in [1.82, 2.24) is 0 Å². The molecule has 0 radical (unpaired) electrons. The van der Waals surface area contributed by atoms with Crippen LogP contribution in [-0.4, -0.2) is 25.0 Å². The highest BCUT2D eigenvalue weighted by atomic mass is 35.5. The molecular weight excluding hydrogens is 387 g/mol. The smallest absolute Gasteiger partial charge is 0.340 e. The fourth-order valence-electron chi connectivity index (χ4n) is 2.60. The van der Waals surface area contributed by atoms with Crippen LogP contribution in [0.15, 0.2) is 36.4 Å². The normalized spacial score (nSPS) is 10.2. The number of halogens is 2. The average molecular weight is 405 g/mol. The van der Waals surface area contributed by atoms with Crippen LogP contribution >= 0.6 is 23.2 Å². The van der Waals surface area contributed by atoms with Crippen LogP contribution in [0.1, 0.15) is 27.9 Å². The minimum atomic E-state index is -0.739. The Morgan fingerprint density at radius 2 is 1.78 bits per heavy atom. The van der Waals surface area contributed by atoms with Gasteiger partial charge in [0.15, 0.2) is 6.61 Å². The molecule has 0 N–H and O–H groups in total. The van der Waals surface area contributed by atoms with E-state index < -0.39 is 18.5 Å². The van der Waals surface area contributed by atoms with Crippen LogP contribution < -0.4 is 4.90 Å². The van der Waals surface area contributed by atoms with Crippen LogP contribution in [0.3, 0.4) is 0 Å². The Bertz CT molecular complexity index is 886. The van der Waals surface area contributed by atoms with Crippen molar-refractivity contribution in [2.75, 3.05) is 18.1 Å². The monoisotopic (exact) mass is 404 g/mol. The number of rotatable bonds is 6. The minimum absolute atomic E-state index is 0.0898. The topological polar surface area (TPSA) is 70.4 Å². The lowest BCUT2D eigenvalue weighted by atomic mass is 10.1. The van der Waals surface area contributed by atoms with Crippen molar-refractivity contribution in [2.24, 2.45) is 0 Å². The Kier molecular flexibility index (Phi) is 7.23. The molecule has 0 spiro atoms. The van der Waals surface area contributed by atoms with Crippen molar-refractivity contribution >= 4 is 40.8 Å². The summed E-state index contributed by atoms with van der Waals surface area (Å²) in [6.07, 6.45) is 0.160. The highest BCUT2D eigenvalue weighted by Gasteiger charge is 2.20. The highest BCUT2D eigenvalue weighted by molar-refractivity contribution is 6.35. The second-order valence-corrected chi connectivity index (χ2v) is 6.84. The van der Waals surface area contributed by atoms with Gasteiger partial charge in [-0.05, 0) is 55.3 Å². The van der Waals surface area contributed by atoms with Crippen molar-refractivity contribution in [1.29, 1.82) is 5.26 Å². The lowest BCUT2D eigenvalue weighted by Gasteiger charge is -2.22. The number of ether oxygens (including phenoxy) is 1. The van der Waals surface area contributed by atoms with Gasteiger partial charge in [-0.3, -0.25) is 4.79 Å². The first-order chi connectivity index (χ1) is 12.8. The zero-order valence-electron chi connectivity index (χ0n) is 15.0. The van der Waals surface area contributed by atoms with Crippen LogP contribution in [0.25, 0.3) is 0 Å². The molecular formula is C20H18Cl2N2O3. The Balaban J connectivity index is 2.15. The van der Waals surface area contributed by atoms with Gasteiger partial charge in [-0.1, -0.05) is 29.3 Å². The van der Waals surface area contributed by atoms with Gasteiger partial charge in [0.2, 0.25) is 0 Å². The van der Waals surface area contributed by atoms with E-state index >= 15 is 0 Å². The number of benzene rings is 2. The van der Waals surface area contributed by atoms with Gasteiger partial charge in [0.25, 0.3) is 5.91 Å². The number of nitrogens with zero attached hydrogens (tertiary/aromatic N) is 2. The zero-order chi connectivity index (χ0) is 20.0. The number of anilines is 1. The van der Waals surface area contributed by atoms with E-state index in [0.29, 0.717) is 10.7 Å². The first-order valence-corrected chi connectivity index (χ1v) is 8.95. The average Bonchev–Trinajstić information content (AvgIpc) is 2.61. The summed E-state index contributed by atoms with van der Waals surface area (Å²) in [4.78, 5) is 26.3. The fourth-order valence-corrected chi connectivity index (χ4v) is 2.97. The Morgan fingerprint density at radius 1 is 1.11 bits per heavy atom. The zero-order valence-corrected chi connectivity index (χ0v) is 16.5. The Morgan fingerprint density at radius 3 is 2.41 bits per heavy atom. The maximum absolute atomic E-state index is 12.6. The standard InChI is InChI=1S/C20H18Cl2N2O3/c1-13-8-14(2)10-16(9-13)24(7-3-6-23)19(25)12-27-20(26)17-11-15(21)4-5-18(17)22/h4-5,8-11H,3,7,12H2,1-2H3. The SMILES string of the molecule is Cc1cc(C)cc(N(CCC#N)C(=O)COC(=O)c2cc(Cl)ccc2Cl)c1. The molecule has 0 saturated heterocycles. The van der Waals surface area contributed by atoms with Gasteiger partial charge < -0.3 is 9.64 Å². The van der Waals surface area contributed by atoms with Crippen LogP contribution in [0.4, 0.5) is 5.69 Å². The van der Waals surface area contributed by atoms with E-state index in [1.54, 1.807) is 6.07 Å². The fraction of sp³-hybridized carbons (Fsp3) is 0.250. The third-order valence-electron chi connectivity index (χ3n) is 3.74. The quantitative estimate of drug-likeness (QED) is 0.653. The molecule has 0 aliphatic rings. The van der Waals surface area contributed by atoms with Crippen molar-refractivity contribution < 1.29 is 14.3 Å². The van der Waals surface area contributed by atoms with E-state index in [9.17, 15) is 9.59 Å². The van der Waals surface area contributed by atoms with Crippen LogP contribution in [-0.2, 0) is 9.53 Å². The molecule has 0 bridgehead atoms. The van der Waals surface area contributed by atoms with Gasteiger partial charge in [0.1, 0.15) is 0 Å². The number of aryl methyl sites for hydroxylation is 2. The van der Waals surface area contributed by atoms with Crippen LogP contribution in [0.2, 0.25) is 10.0 Å². The molecule has 2 aromatic rings. The lowest BCUT2D eigenvalue weighted by molar-refractivity contribution is -0.121. The molecule has 7 heteroatoms. The molecule has 0 aromatic heterocycles. The summed E-state index contributed by atoms with van der Waals surface area (Å²) < 4.78 is 5.11. The number of carbonyl (C=O) groups is 2. The lowest BCUT2D eigenvalue weighted by Crippen LogP contribution is -2.35. The first kappa shape index (κ1) is 20.8. The summed E-state index contributed by atoms with van der Waals surface area (Å²) in [6, 6.07) is 12.1. The summed E-state index contributed by atoms with van der Waals surface area (Å²) >= 11 is 11.8. The van der Waals surface area contributed by atoms with E-state index in [0.717, 1.165) is 11.1 Å². The second kappa shape index (κ2) is 9.40. The molecule has 5 nitrogen and oxygen atoms in total. The summed E-state index contributed by atoms with van der Waals surface area (Å²) in [7, 11) is 0. The Hall–Kier alpha value is -2.55. The minimum Gasteiger partial charge on any atom is -0.452 e. The number of carbonyl (C=O) groups excluding carboxylic acids is 2. The predicted molar refractivity (Wildman–Crippen MR) is 105 cm³/mol. The van der Waals surface area contributed by atoms with Crippen LogP contribution in [0.5, 0.6) is 0 Å². The predicted octanol–water partition coefficient (Wildman–Crippen LogP) is 4.71. The third kappa shape index (κ3) is 5.72. The molecule has 140 valence electrons. The molecule has 27 heavy (non-hydrogen) atoms. The van der Waals surface area contributed by atoms with Crippen molar-refractivity contribution in [3.05, 3.63) is 63.1 Å². The summed E-state index contributed by atoms with van der Waals surface area (Å²) in [5.74, 6) is -1.17. The number of esters is 1. The van der Waals surface area contributed by atoms with E-state index in [4.69, 9.17) is 33.2 Å². The molecule has 0 heterocycles. The summed E-state index contributed by atoms with van der Waals surface area (Å²) in [5, 5.41) is 9.40. The number of hydrogen-bond donors (Lipinski definition) is 0. The number of nitriles is 1. The van der Waals surface area contributed by atoms with E-state index in [-0.39, 0.29) is 23.6 Å². The van der Waals surface area contributed by atoms with Gasteiger partial charge in [-0.25, -0.2) is 4.79 Å². The maximum Gasteiger partial charge on any atom is 0.340 e. The molecule has 1 amide bonds. The molecule has 0 saturated carbocycles.